The first-order valence-corrected chi connectivity index (χ1v) is 10.8. The maximum Gasteiger partial charge on any atom is 0.307 e. The van der Waals surface area contributed by atoms with Gasteiger partial charge in [-0.3, -0.25) is 19.4 Å². The van der Waals surface area contributed by atoms with Gasteiger partial charge in [-0.1, -0.05) is 23.7 Å². The van der Waals surface area contributed by atoms with Crippen molar-refractivity contribution in [1.29, 1.82) is 0 Å². The second-order valence-electron chi connectivity index (χ2n) is 7.45. The van der Waals surface area contributed by atoms with Crippen molar-refractivity contribution in [2.24, 2.45) is 0 Å². The smallest absolute Gasteiger partial charge is 0.307 e. The van der Waals surface area contributed by atoms with Gasteiger partial charge in [0.25, 0.3) is 5.91 Å². The minimum atomic E-state index is -0.452. The number of aromatic nitrogens is 1. The Kier molecular flexibility index (Phi) is 9.03. The van der Waals surface area contributed by atoms with Crippen LogP contribution in [0.3, 0.4) is 0 Å². The number of esters is 1. The Morgan fingerprint density at radius 1 is 1.15 bits per heavy atom. The minimum absolute atomic E-state index is 0.0584. The van der Waals surface area contributed by atoms with Crippen LogP contribution in [0.2, 0.25) is 5.02 Å². The number of hydrogen-bond acceptors (Lipinski definition) is 7. The van der Waals surface area contributed by atoms with Crippen molar-refractivity contribution in [3.8, 4) is 5.75 Å². The molecule has 0 radical (unpaired) electrons. The molecule has 1 fully saturated rings. The molecule has 2 heterocycles. The third-order valence-electron chi connectivity index (χ3n) is 5.12. The average molecular weight is 476 g/mol. The zero-order valence-corrected chi connectivity index (χ0v) is 19.1. The lowest BCUT2D eigenvalue weighted by Gasteiger charge is -2.24. The van der Waals surface area contributed by atoms with E-state index < -0.39 is 12.1 Å². The van der Waals surface area contributed by atoms with E-state index in [1.54, 1.807) is 36.7 Å². The summed E-state index contributed by atoms with van der Waals surface area (Å²) in [4.78, 5) is 44.2. The molecule has 1 atom stereocenters. The Hall–Kier alpha value is -3.17. The Balaban J connectivity index is 1.67. The standard InChI is InChI=1S/C23H26ClN3O6/c1-31-23(30)8-11-26-12-18(32-15-17-6-9-25-10-7-17)13-27(14-21(26)28)22(29)16-33-20-5-3-2-4-19(20)24/h2-7,9-10,18H,8,11-16H2,1H3. The molecular weight excluding hydrogens is 450 g/mol. The van der Waals surface area contributed by atoms with Gasteiger partial charge in [0.05, 0.1) is 37.8 Å². The summed E-state index contributed by atoms with van der Waals surface area (Å²) >= 11 is 6.08. The molecule has 0 bridgehead atoms. The summed E-state index contributed by atoms with van der Waals surface area (Å²) in [5.74, 6) is -0.670. The highest BCUT2D eigenvalue weighted by molar-refractivity contribution is 6.32. The normalized spacial score (nSPS) is 16.3. The zero-order valence-electron chi connectivity index (χ0n) is 18.3. The van der Waals surface area contributed by atoms with Crippen LogP contribution in [0.5, 0.6) is 5.75 Å². The molecule has 1 unspecified atom stereocenters. The number of benzene rings is 1. The zero-order chi connectivity index (χ0) is 23.6. The van der Waals surface area contributed by atoms with E-state index in [9.17, 15) is 14.4 Å². The van der Waals surface area contributed by atoms with Crippen molar-refractivity contribution in [3.05, 3.63) is 59.4 Å². The second-order valence-corrected chi connectivity index (χ2v) is 7.85. The van der Waals surface area contributed by atoms with Gasteiger partial charge in [-0.15, -0.1) is 0 Å². The van der Waals surface area contributed by atoms with Crippen LogP contribution >= 0.6 is 11.6 Å². The van der Waals surface area contributed by atoms with E-state index in [1.165, 1.54) is 16.9 Å². The minimum Gasteiger partial charge on any atom is -0.482 e. The van der Waals surface area contributed by atoms with Gasteiger partial charge in [-0.2, -0.15) is 0 Å². The molecule has 0 saturated carbocycles. The molecule has 1 aromatic carbocycles. The topological polar surface area (TPSA) is 98.3 Å². The molecule has 0 aliphatic carbocycles. The summed E-state index contributed by atoms with van der Waals surface area (Å²) in [6.07, 6.45) is 2.94. The Morgan fingerprint density at radius 2 is 1.91 bits per heavy atom. The number of amides is 2. The van der Waals surface area contributed by atoms with Gasteiger partial charge in [0.15, 0.2) is 6.61 Å². The van der Waals surface area contributed by atoms with E-state index in [4.69, 9.17) is 21.1 Å². The number of pyridine rings is 1. The van der Waals surface area contributed by atoms with E-state index in [2.05, 4.69) is 9.72 Å². The van der Waals surface area contributed by atoms with Crippen LogP contribution in [-0.2, 0) is 30.5 Å². The van der Waals surface area contributed by atoms with Gasteiger partial charge < -0.3 is 24.0 Å². The van der Waals surface area contributed by atoms with Crippen molar-refractivity contribution in [1.82, 2.24) is 14.8 Å². The maximum atomic E-state index is 12.9. The first-order valence-electron chi connectivity index (χ1n) is 10.5. The Bertz CT molecular complexity index is 958. The number of carbonyl (C=O) groups excluding carboxylic acids is 3. The molecule has 0 N–H and O–H groups in total. The highest BCUT2D eigenvalue weighted by atomic mass is 35.5. The van der Waals surface area contributed by atoms with Crippen molar-refractivity contribution in [2.75, 3.05) is 39.9 Å². The lowest BCUT2D eigenvalue weighted by atomic mass is 10.2. The van der Waals surface area contributed by atoms with Gasteiger partial charge in [0.1, 0.15) is 5.75 Å². The van der Waals surface area contributed by atoms with E-state index in [-0.39, 0.29) is 51.0 Å². The van der Waals surface area contributed by atoms with E-state index in [0.717, 1.165) is 5.56 Å². The van der Waals surface area contributed by atoms with Gasteiger partial charge in [0, 0.05) is 32.0 Å². The molecule has 2 amide bonds. The lowest BCUT2D eigenvalue weighted by Crippen LogP contribution is -2.42. The van der Waals surface area contributed by atoms with Crippen molar-refractivity contribution in [2.45, 2.75) is 19.1 Å². The van der Waals surface area contributed by atoms with E-state index >= 15 is 0 Å². The van der Waals surface area contributed by atoms with Crippen molar-refractivity contribution < 1.29 is 28.6 Å². The molecule has 1 saturated heterocycles. The summed E-state index contributed by atoms with van der Waals surface area (Å²) in [6.45, 7) is 0.521. The molecule has 1 aromatic heterocycles. The SMILES string of the molecule is COC(=O)CCN1CC(OCc2ccncc2)CN(C(=O)COc2ccccc2Cl)CC1=O. The fourth-order valence-electron chi connectivity index (χ4n) is 3.30. The Morgan fingerprint density at radius 3 is 2.64 bits per heavy atom. The predicted molar refractivity (Wildman–Crippen MR) is 120 cm³/mol. The van der Waals surface area contributed by atoms with Crippen LogP contribution in [0.4, 0.5) is 0 Å². The third-order valence-corrected chi connectivity index (χ3v) is 5.43. The van der Waals surface area contributed by atoms with Crippen LogP contribution in [0.25, 0.3) is 0 Å². The fourth-order valence-corrected chi connectivity index (χ4v) is 3.49. The quantitative estimate of drug-likeness (QED) is 0.511. The monoisotopic (exact) mass is 475 g/mol. The highest BCUT2D eigenvalue weighted by Crippen LogP contribution is 2.23. The lowest BCUT2D eigenvalue weighted by molar-refractivity contribution is -0.143. The highest BCUT2D eigenvalue weighted by Gasteiger charge is 2.31. The number of halogens is 1. The molecular formula is C23H26ClN3O6. The van der Waals surface area contributed by atoms with Gasteiger partial charge >= 0.3 is 5.97 Å². The van der Waals surface area contributed by atoms with Crippen LogP contribution < -0.4 is 4.74 Å². The summed E-state index contributed by atoms with van der Waals surface area (Å²) < 4.78 is 16.3. The summed E-state index contributed by atoms with van der Waals surface area (Å²) in [5, 5.41) is 0.393. The van der Waals surface area contributed by atoms with Crippen LogP contribution in [-0.4, -0.2) is 78.6 Å². The van der Waals surface area contributed by atoms with E-state index in [0.29, 0.717) is 17.4 Å². The molecule has 0 spiro atoms. The van der Waals surface area contributed by atoms with Crippen LogP contribution in [0.1, 0.15) is 12.0 Å². The molecule has 2 aromatic rings. The summed E-state index contributed by atoms with van der Waals surface area (Å²) in [6, 6.07) is 10.5. The molecule has 176 valence electrons. The number of hydrogen-bond donors (Lipinski definition) is 0. The largest absolute Gasteiger partial charge is 0.482 e. The maximum absolute atomic E-state index is 12.9. The molecule has 33 heavy (non-hydrogen) atoms. The van der Waals surface area contributed by atoms with Gasteiger partial charge in [0.2, 0.25) is 5.91 Å². The second kappa shape index (κ2) is 12.2. The number of nitrogens with zero attached hydrogens (tertiary/aromatic N) is 3. The summed E-state index contributed by atoms with van der Waals surface area (Å²) in [7, 11) is 1.30. The Labute approximate surface area is 197 Å². The first kappa shape index (κ1) is 24.5. The van der Waals surface area contributed by atoms with Crippen molar-refractivity contribution >= 4 is 29.4 Å². The van der Waals surface area contributed by atoms with E-state index in [1.807, 2.05) is 12.1 Å². The summed E-state index contributed by atoms with van der Waals surface area (Å²) in [5.41, 5.74) is 0.918. The molecule has 1 aliphatic rings. The fraction of sp³-hybridized carbons (Fsp3) is 0.391. The molecule has 9 nitrogen and oxygen atoms in total. The molecule has 10 heteroatoms. The number of ether oxygens (including phenoxy) is 3. The average Bonchev–Trinajstić information content (AvgIpc) is 2.99. The van der Waals surface area contributed by atoms with Crippen molar-refractivity contribution in [3.63, 3.8) is 0 Å². The van der Waals surface area contributed by atoms with Crippen LogP contribution in [0.15, 0.2) is 48.8 Å². The molecule has 1 aliphatic heterocycles. The van der Waals surface area contributed by atoms with Gasteiger partial charge in [-0.05, 0) is 29.8 Å². The third kappa shape index (κ3) is 7.44. The van der Waals surface area contributed by atoms with Crippen LogP contribution in [0, 0.1) is 0 Å². The number of rotatable bonds is 9. The molecule has 3 rings (SSSR count). The predicted octanol–water partition coefficient (Wildman–Crippen LogP) is 1.93. The van der Waals surface area contributed by atoms with Gasteiger partial charge in [-0.25, -0.2) is 0 Å². The number of carbonyl (C=O) groups is 3. The first-order chi connectivity index (χ1) is 16.0. The number of para-hydroxylation sites is 1. The number of methoxy groups -OCH3 is 1.